The number of rotatable bonds is 3. The molecule has 0 atom stereocenters. The number of halogens is 1. The zero-order valence-corrected chi connectivity index (χ0v) is 12.6. The van der Waals surface area contributed by atoms with E-state index in [1.165, 1.54) is 6.42 Å². The Morgan fingerprint density at radius 1 is 1.25 bits per heavy atom. The summed E-state index contributed by atoms with van der Waals surface area (Å²) < 4.78 is 14.2. The van der Waals surface area contributed by atoms with Crippen molar-refractivity contribution in [2.45, 2.75) is 6.42 Å². The molecule has 0 bridgehead atoms. The van der Waals surface area contributed by atoms with Gasteiger partial charge in [-0.2, -0.15) is 0 Å². The van der Waals surface area contributed by atoms with E-state index in [9.17, 15) is 14.3 Å². The zero-order valence-electron chi connectivity index (χ0n) is 12.6. The average Bonchev–Trinajstić information content (AvgIpc) is 2.90. The highest BCUT2D eigenvalue weighted by Gasteiger charge is 2.19. The van der Waals surface area contributed by atoms with Crippen LogP contribution in [0.4, 0.5) is 10.1 Å². The third-order valence-electron chi connectivity index (χ3n) is 4.26. The van der Waals surface area contributed by atoms with Gasteiger partial charge in [0.1, 0.15) is 23.0 Å². The lowest BCUT2D eigenvalue weighted by Crippen LogP contribution is -2.36. The molecular weight excluding hydrogens is 313 g/mol. The van der Waals surface area contributed by atoms with E-state index in [0.717, 1.165) is 36.4 Å². The van der Waals surface area contributed by atoms with Crippen LogP contribution in [0.25, 0.3) is 22.4 Å². The first-order chi connectivity index (χ1) is 11.5. The maximum absolute atomic E-state index is 14.2. The number of fused-ring (bicyclic) bond motifs is 1. The van der Waals surface area contributed by atoms with Gasteiger partial charge in [0.05, 0.1) is 16.6 Å². The third-order valence-corrected chi connectivity index (χ3v) is 4.26. The van der Waals surface area contributed by atoms with Gasteiger partial charge in [-0.05, 0) is 36.8 Å². The highest BCUT2D eigenvalue weighted by atomic mass is 19.1. The minimum absolute atomic E-state index is 0.0270. The molecule has 2 aromatic carbocycles. The number of nitrogens with zero attached hydrogens (tertiary/aromatic N) is 2. The molecule has 24 heavy (non-hydrogen) atoms. The van der Waals surface area contributed by atoms with Gasteiger partial charge >= 0.3 is 5.97 Å². The minimum Gasteiger partial charge on any atom is -0.507 e. The van der Waals surface area contributed by atoms with Crippen molar-refractivity contribution in [1.82, 2.24) is 9.97 Å². The van der Waals surface area contributed by atoms with E-state index in [1.807, 2.05) is 18.2 Å². The van der Waals surface area contributed by atoms with Crippen molar-refractivity contribution in [2.24, 2.45) is 0 Å². The summed E-state index contributed by atoms with van der Waals surface area (Å²) >= 11 is 0. The molecule has 1 aliphatic rings. The number of nitrogens with one attached hydrogen (secondary N) is 1. The Hall–Kier alpha value is -3.09. The first-order valence-electron chi connectivity index (χ1n) is 7.54. The lowest BCUT2D eigenvalue weighted by atomic mass is 10.1. The van der Waals surface area contributed by atoms with E-state index in [-0.39, 0.29) is 11.4 Å². The average molecular weight is 327 g/mol. The van der Waals surface area contributed by atoms with Gasteiger partial charge in [-0.3, -0.25) is 0 Å². The van der Waals surface area contributed by atoms with Crippen LogP contribution in [0.5, 0.6) is 5.75 Å². The summed E-state index contributed by atoms with van der Waals surface area (Å²) in [5.41, 5.74) is 2.05. The number of anilines is 1. The largest absolute Gasteiger partial charge is 0.507 e. The van der Waals surface area contributed by atoms with Crippen LogP contribution in [0.2, 0.25) is 0 Å². The maximum Gasteiger partial charge on any atom is 0.339 e. The SMILES string of the molecule is O=C(O)c1cc(F)c(-c2nc3cc(N4CCC4)ccc3[nH]2)cc1O. The lowest BCUT2D eigenvalue weighted by molar-refractivity contribution is 0.0693. The fourth-order valence-corrected chi connectivity index (χ4v) is 2.81. The first-order valence-corrected chi connectivity index (χ1v) is 7.54. The van der Waals surface area contributed by atoms with E-state index in [2.05, 4.69) is 14.9 Å². The number of aromatic hydroxyl groups is 1. The summed E-state index contributed by atoms with van der Waals surface area (Å²) in [5.74, 6) is -2.40. The topological polar surface area (TPSA) is 89.5 Å². The van der Waals surface area contributed by atoms with Gasteiger partial charge < -0.3 is 20.1 Å². The fourth-order valence-electron chi connectivity index (χ4n) is 2.81. The van der Waals surface area contributed by atoms with Crippen LogP contribution in [0.3, 0.4) is 0 Å². The van der Waals surface area contributed by atoms with Gasteiger partial charge in [-0.25, -0.2) is 14.2 Å². The van der Waals surface area contributed by atoms with Crippen molar-refractivity contribution in [3.05, 3.63) is 41.7 Å². The number of aromatic nitrogens is 2. The smallest absolute Gasteiger partial charge is 0.339 e. The number of phenols is 1. The molecule has 0 saturated carbocycles. The molecule has 0 unspecified atom stereocenters. The molecule has 7 heteroatoms. The van der Waals surface area contributed by atoms with Crippen LogP contribution in [0, 0.1) is 5.82 Å². The van der Waals surface area contributed by atoms with Crippen LogP contribution in [0.15, 0.2) is 30.3 Å². The number of aromatic amines is 1. The molecule has 122 valence electrons. The van der Waals surface area contributed by atoms with Gasteiger partial charge in [0.15, 0.2) is 0 Å². The molecule has 1 aromatic heterocycles. The van der Waals surface area contributed by atoms with Crippen LogP contribution in [0.1, 0.15) is 16.8 Å². The highest BCUT2D eigenvalue weighted by Crippen LogP contribution is 2.31. The molecule has 1 aliphatic heterocycles. The van der Waals surface area contributed by atoms with Crippen LogP contribution >= 0.6 is 0 Å². The second-order valence-corrected chi connectivity index (χ2v) is 5.78. The van der Waals surface area contributed by atoms with Crippen LogP contribution in [-0.2, 0) is 0 Å². The Kier molecular flexibility index (Phi) is 3.16. The summed E-state index contributed by atoms with van der Waals surface area (Å²) in [6.07, 6.45) is 1.17. The van der Waals surface area contributed by atoms with Crippen molar-refractivity contribution in [3.8, 4) is 17.1 Å². The number of aromatic carboxylic acids is 1. The summed E-state index contributed by atoms with van der Waals surface area (Å²) in [6.45, 7) is 2.03. The van der Waals surface area contributed by atoms with Crippen molar-refractivity contribution in [3.63, 3.8) is 0 Å². The number of benzene rings is 2. The summed E-state index contributed by atoms with van der Waals surface area (Å²) in [4.78, 5) is 20.5. The molecule has 6 nitrogen and oxygen atoms in total. The quantitative estimate of drug-likeness (QED) is 0.688. The number of H-pyrrole nitrogens is 1. The second-order valence-electron chi connectivity index (χ2n) is 5.78. The van der Waals surface area contributed by atoms with Crippen molar-refractivity contribution in [2.75, 3.05) is 18.0 Å². The van der Waals surface area contributed by atoms with Crippen LogP contribution < -0.4 is 4.90 Å². The maximum atomic E-state index is 14.2. The molecule has 3 N–H and O–H groups in total. The minimum atomic E-state index is -1.39. The van der Waals surface area contributed by atoms with E-state index in [4.69, 9.17) is 5.11 Å². The van der Waals surface area contributed by atoms with Gasteiger partial charge in [-0.15, -0.1) is 0 Å². The van der Waals surface area contributed by atoms with Crippen molar-refractivity contribution in [1.29, 1.82) is 0 Å². The number of carbonyl (C=O) groups is 1. The number of hydrogen-bond acceptors (Lipinski definition) is 4. The van der Waals surface area contributed by atoms with Gasteiger partial charge in [0.2, 0.25) is 0 Å². The number of carboxylic acid groups (broad SMARTS) is 1. The predicted octanol–water partition coefficient (Wildman–Crippen LogP) is 2.98. The molecule has 2 heterocycles. The second kappa shape index (κ2) is 5.23. The van der Waals surface area contributed by atoms with E-state index < -0.39 is 23.1 Å². The fraction of sp³-hybridized carbons (Fsp3) is 0.176. The van der Waals surface area contributed by atoms with Gasteiger partial charge in [0, 0.05) is 18.8 Å². The monoisotopic (exact) mass is 327 g/mol. The Labute approximate surface area is 136 Å². The standard InChI is InChI=1S/C17H14FN3O3/c18-12-7-11(17(23)24)15(22)8-10(12)16-19-13-3-2-9(6-14(13)20-16)21-4-1-5-21/h2-3,6-8,22H,1,4-5H2,(H,19,20)(H,23,24). The van der Waals surface area contributed by atoms with E-state index >= 15 is 0 Å². The first kappa shape index (κ1) is 14.5. The van der Waals surface area contributed by atoms with E-state index in [0.29, 0.717) is 5.52 Å². The molecule has 4 rings (SSSR count). The predicted molar refractivity (Wildman–Crippen MR) is 86.9 cm³/mol. The normalized spacial score (nSPS) is 14.0. The van der Waals surface area contributed by atoms with Crippen molar-refractivity contribution >= 4 is 22.7 Å². The molecule has 0 amide bonds. The molecular formula is C17H14FN3O3. The zero-order chi connectivity index (χ0) is 16.8. The molecule has 0 spiro atoms. The molecule has 1 saturated heterocycles. The molecule has 0 radical (unpaired) electrons. The Balaban J connectivity index is 1.78. The Morgan fingerprint density at radius 3 is 2.71 bits per heavy atom. The summed E-state index contributed by atoms with van der Waals surface area (Å²) in [7, 11) is 0. The molecule has 1 fully saturated rings. The molecule has 0 aliphatic carbocycles. The van der Waals surface area contributed by atoms with Crippen molar-refractivity contribution < 1.29 is 19.4 Å². The van der Waals surface area contributed by atoms with Crippen LogP contribution in [-0.4, -0.2) is 39.2 Å². The number of imidazole rings is 1. The third kappa shape index (κ3) is 2.25. The Morgan fingerprint density at radius 2 is 2.04 bits per heavy atom. The molecule has 3 aromatic rings. The van der Waals surface area contributed by atoms with E-state index in [1.54, 1.807) is 0 Å². The van der Waals surface area contributed by atoms with Gasteiger partial charge in [-0.1, -0.05) is 0 Å². The summed E-state index contributed by atoms with van der Waals surface area (Å²) in [5, 5.41) is 18.7. The van der Waals surface area contributed by atoms with Gasteiger partial charge in [0.25, 0.3) is 0 Å². The Bertz CT molecular complexity index is 963. The number of carboxylic acids is 1. The number of hydrogen-bond donors (Lipinski definition) is 3. The highest BCUT2D eigenvalue weighted by molar-refractivity contribution is 5.92. The lowest BCUT2D eigenvalue weighted by Gasteiger charge is -2.33. The summed E-state index contributed by atoms with van der Waals surface area (Å²) in [6, 6.07) is 7.66.